The molecule has 3 N–H and O–H groups in total. The Bertz CT molecular complexity index is 517. The van der Waals surface area contributed by atoms with Crippen LogP contribution >= 0.6 is 0 Å². The number of carbonyl (C=O) groups excluding carboxylic acids is 2. The Kier molecular flexibility index (Phi) is 4.49. The number of piperidine rings is 1. The number of aromatic nitrogens is 2. The Morgan fingerprint density at radius 2 is 2.10 bits per heavy atom. The van der Waals surface area contributed by atoms with Crippen LogP contribution in [0.3, 0.4) is 0 Å². The van der Waals surface area contributed by atoms with E-state index in [9.17, 15) is 9.59 Å². The molecule has 0 spiro atoms. The highest BCUT2D eigenvalue weighted by atomic mass is 16.2. The average Bonchev–Trinajstić information content (AvgIpc) is 2.42. The molecule has 1 aromatic heterocycles. The maximum Gasteiger partial charge on any atom is 0.249 e. The van der Waals surface area contributed by atoms with Crippen molar-refractivity contribution < 1.29 is 9.59 Å². The molecule has 1 fully saturated rings. The van der Waals surface area contributed by atoms with Crippen molar-refractivity contribution in [3.8, 4) is 0 Å². The minimum atomic E-state index is -0.430. The standard InChI is InChI=1S/C13H19N5O2/c1-3-6-14-11-8(2)12(16-7-15-11)17-9-4-5-10(19)18-13(9)20/h7,9H,3-6H2,1-2H3,(H,18,19,20)(H2,14,15,16,17). The van der Waals surface area contributed by atoms with Gasteiger partial charge in [-0.3, -0.25) is 14.9 Å². The number of carbonyl (C=O) groups is 2. The second-order valence-corrected chi connectivity index (χ2v) is 4.77. The molecular formula is C13H19N5O2. The topological polar surface area (TPSA) is 96.0 Å². The Balaban J connectivity index is 2.09. The molecule has 1 aliphatic rings. The van der Waals surface area contributed by atoms with E-state index < -0.39 is 6.04 Å². The van der Waals surface area contributed by atoms with Crippen LogP contribution in [0.4, 0.5) is 11.6 Å². The number of imide groups is 1. The predicted octanol–water partition coefficient (Wildman–Crippen LogP) is 0.824. The number of rotatable bonds is 5. The van der Waals surface area contributed by atoms with Crippen molar-refractivity contribution in [2.45, 2.75) is 39.2 Å². The first-order valence-electron chi connectivity index (χ1n) is 6.77. The highest BCUT2D eigenvalue weighted by Crippen LogP contribution is 2.20. The van der Waals surface area contributed by atoms with Crippen LogP contribution < -0.4 is 16.0 Å². The quantitative estimate of drug-likeness (QED) is 0.690. The molecule has 0 aliphatic carbocycles. The van der Waals surface area contributed by atoms with Crippen LogP contribution in [0.2, 0.25) is 0 Å². The van der Waals surface area contributed by atoms with E-state index >= 15 is 0 Å². The van der Waals surface area contributed by atoms with Gasteiger partial charge in [0.1, 0.15) is 24.0 Å². The van der Waals surface area contributed by atoms with Crippen molar-refractivity contribution in [1.82, 2.24) is 15.3 Å². The molecule has 1 aliphatic heterocycles. The summed E-state index contributed by atoms with van der Waals surface area (Å²) < 4.78 is 0. The smallest absolute Gasteiger partial charge is 0.249 e. The average molecular weight is 277 g/mol. The number of anilines is 2. The first kappa shape index (κ1) is 14.2. The molecular weight excluding hydrogens is 258 g/mol. The van der Waals surface area contributed by atoms with Crippen LogP contribution in [0.15, 0.2) is 6.33 Å². The Morgan fingerprint density at radius 1 is 1.35 bits per heavy atom. The summed E-state index contributed by atoms with van der Waals surface area (Å²) in [5, 5.41) is 8.61. The van der Waals surface area contributed by atoms with Crippen LogP contribution in [0.1, 0.15) is 31.7 Å². The van der Waals surface area contributed by atoms with Gasteiger partial charge in [0.05, 0.1) is 0 Å². The van der Waals surface area contributed by atoms with E-state index in [1.54, 1.807) is 0 Å². The minimum absolute atomic E-state index is 0.224. The summed E-state index contributed by atoms with van der Waals surface area (Å²) >= 11 is 0. The van der Waals surface area contributed by atoms with Crippen LogP contribution in [0.5, 0.6) is 0 Å². The number of hydrogen-bond donors (Lipinski definition) is 3. The van der Waals surface area contributed by atoms with Crippen molar-refractivity contribution in [1.29, 1.82) is 0 Å². The Morgan fingerprint density at radius 3 is 2.80 bits per heavy atom. The Hall–Kier alpha value is -2.18. The van der Waals surface area contributed by atoms with E-state index in [0.29, 0.717) is 18.7 Å². The number of amides is 2. The van der Waals surface area contributed by atoms with E-state index in [4.69, 9.17) is 0 Å². The van der Waals surface area contributed by atoms with Crippen molar-refractivity contribution in [3.63, 3.8) is 0 Å². The summed E-state index contributed by atoms with van der Waals surface area (Å²) in [6.45, 7) is 4.80. The first-order valence-corrected chi connectivity index (χ1v) is 6.77. The third-order valence-electron chi connectivity index (χ3n) is 3.18. The summed E-state index contributed by atoms with van der Waals surface area (Å²) in [4.78, 5) is 31.2. The molecule has 108 valence electrons. The van der Waals surface area contributed by atoms with Crippen molar-refractivity contribution in [2.75, 3.05) is 17.2 Å². The molecule has 1 unspecified atom stereocenters. The third kappa shape index (κ3) is 3.23. The van der Waals surface area contributed by atoms with Crippen LogP contribution in [-0.4, -0.2) is 34.4 Å². The highest BCUT2D eigenvalue weighted by molar-refractivity contribution is 6.01. The minimum Gasteiger partial charge on any atom is -0.370 e. The van der Waals surface area contributed by atoms with Gasteiger partial charge in [-0.05, 0) is 19.8 Å². The van der Waals surface area contributed by atoms with Gasteiger partial charge in [0.25, 0.3) is 0 Å². The van der Waals surface area contributed by atoms with Gasteiger partial charge in [0.15, 0.2) is 0 Å². The predicted molar refractivity (Wildman–Crippen MR) is 75.3 cm³/mol. The van der Waals surface area contributed by atoms with Gasteiger partial charge >= 0.3 is 0 Å². The molecule has 2 heterocycles. The van der Waals surface area contributed by atoms with Crippen LogP contribution in [0.25, 0.3) is 0 Å². The lowest BCUT2D eigenvalue weighted by Crippen LogP contribution is -2.47. The summed E-state index contributed by atoms with van der Waals surface area (Å²) in [5.41, 5.74) is 0.866. The summed E-state index contributed by atoms with van der Waals surface area (Å²) in [6.07, 6.45) is 3.28. The lowest BCUT2D eigenvalue weighted by Gasteiger charge is -2.23. The van der Waals surface area contributed by atoms with Crippen molar-refractivity contribution in [2.24, 2.45) is 0 Å². The molecule has 0 saturated carbocycles. The van der Waals surface area contributed by atoms with Crippen LogP contribution in [0, 0.1) is 6.92 Å². The van der Waals surface area contributed by atoms with E-state index in [2.05, 4.69) is 32.8 Å². The molecule has 7 nitrogen and oxygen atoms in total. The van der Waals surface area contributed by atoms with Crippen molar-refractivity contribution in [3.05, 3.63) is 11.9 Å². The first-order chi connectivity index (χ1) is 9.61. The van der Waals surface area contributed by atoms with E-state index in [1.165, 1.54) is 6.33 Å². The zero-order chi connectivity index (χ0) is 14.5. The lowest BCUT2D eigenvalue weighted by molar-refractivity contribution is -0.133. The van der Waals surface area contributed by atoms with Gasteiger partial charge in [0, 0.05) is 18.5 Å². The fourth-order valence-corrected chi connectivity index (χ4v) is 2.01. The van der Waals surface area contributed by atoms with E-state index in [1.807, 2.05) is 6.92 Å². The van der Waals surface area contributed by atoms with Gasteiger partial charge in [0.2, 0.25) is 11.8 Å². The summed E-state index contributed by atoms with van der Waals surface area (Å²) in [7, 11) is 0. The fraction of sp³-hybridized carbons (Fsp3) is 0.538. The zero-order valence-corrected chi connectivity index (χ0v) is 11.7. The van der Waals surface area contributed by atoms with Gasteiger partial charge < -0.3 is 10.6 Å². The second-order valence-electron chi connectivity index (χ2n) is 4.77. The number of hydrogen-bond acceptors (Lipinski definition) is 6. The maximum absolute atomic E-state index is 11.7. The molecule has 1 aromatic rings. The molecule has 20 heavy (non-hydrogen) atoms. The fourth-order valence-electron chi connectivity index (χ4n) is 2.01. The number of nitrogens with zero attached hydrogens (tertiary/aromatic N) is 2. The van der Waals surface area contributed by atoms with Crippen molar-refractivity contribution >= 4 is 23.5 Å². The number of nitrogens with one attached hydrogen (secondary N) is 3. The monoisotopic (exact) mass is 277 g/mol. The molecule has 0 aromatic carbocycles. The molecule has 2 rings (SSSR count). The third-order valence-corrected chi connectivity index (χ3v) is 3.18. The van der Waals surface area contributed by atoms with E-state index in [0.717, 1.165) is 24.3 Å². The van der Waals surface area contributed by atoms with E-state index in [-0.39, 0.29) is 11.8 Å². The van der Waals surface area contributed by atoms with Gasteiger partial charge in [-0.15, -0.1) is 0 Å². The molecule has 2 amide bonds. The van der Waals surface area contributed by atoms with Crippen LogP contribution in [-0.2, 0) is 9.59 Å². The molecule has 1 atom stereocenters. The normalized spacial score (nSPS) is 18.6. The van der Waals surface area contributed by atoms with Gasteiger partial charge in [-0.2, -0.15) is 0 Å². The summed E-state index contributed by atoms with van der Waals surface area (Å²) in [6, 6.07) is -0.430. The molecule has 1 saturated heterocycles. The maximum atomic E-state index is 11.7. The largest absolute Gasteiger partial charge is 0.370 e. The molecule has 0 bridgehead atoms. The lowest BCUT2D eigenvalue weighted by atomic mass is 10.1. The SMILES string of the molecule is CCCNc1ncnc(NC2CCC(=O)NC2=O)c1C. The van der Waals surface area contributed by atoms with Gasteiger partial charge in [-0.1, -0.05) is 6.92 Å². The zero-order valence-electron chi connectivity index (χ0n) is 11.7. The highest BCUT2D eigenvalue weighted by Gasteiger charge is 2.27. The Labute approximate surface area is 117 Å². The second kappa shape index (κ2) is 6.31. The molecule has 0 radical (unpaired) electrons. The summed E-state index contributed by atoms with van der Waals surface area (Å²) in [5.74, 6) is 0.852. The van der Waals surface area contributed by atoms with Gasteiger partial charge in [-0.25, -0.2) is 9.97 Å². The molecule has 7 heteroatoms.